The molecule has 0 aromatic heterocycles. The number of amides is 1. The summed E-state index contributed by atoms with van der Waals surface area (Å²) in [6, 6.07) is 13.6. The molecule has 0 saturated carbocycles. The van der Waals surface area contributed by atoms with Crippen LogP contribution >= 0.6 is 12.4 Å². The predicted octanol–water partition coefficient (Wildman–Crippen LogP) is 3.56. The van der Waals surface area contributed by atoms with Crippen LogP contribution in [-0.4, -0.2) is 31.6 Å². The van der Waals surface area contributed by atoms with Gasteiger partial charge in [-0.25, -0.2) is 8.78 Å². The third-order valence-electron chi connectivity index (χ3n) is 4.79. The number of piperidine rings is 1. The Hall–Kier alpha value is -2.02. The molecular formula is C21H25ClF2N2O2. The molecule has 4 nitrogen and oxygen atoms in total. The molecule has 1 saturated heterocycles. The molecule has 1 amide bonds. The van der Waals surface area contributed by atoms with E-state index in [9.17, 15) is 13.6 Å². The summed E-state index contributed by atoms with van der Waals surface area (Å²) in [7, 11) is 0. The van der Waals surface area contributed by atoms with Crippen molar-refractivity contribution in [1.82, 2.24) is 10.6 Å². The van der Waals surface area contributed by atoms with Gasteiger partial charge in [0.05, 0.1) is 13.2 Å². The smallest absolute Gasteiger partial charge is 0.222 e. The predicted molar refractivity (Wildman–Crippen MR) is 106 cm³/mol. The second-order valence-corrected chi connectivity index (χ2v) is 6.74. The normalized spacial score (nSPS) is 18.9. The number of halogens is 3. The molecule has 0 bridgehead atoms. The van der Waals surface area contributed by atoms with Crippen LogP contribution in [0.3, 0.4) is 0 Å². The van der Waals surface area contributed by atoms with Crippen LogP contribution in [0.2, 0.25) is 0 Å². The van der Waals surface area contributed by atoms with Gasteiger partial charge in [0.15, 0.2) is 11.6 Å². The van der Waals surface area contributed by atoms with Crippen LogP contribution in [0.4, 0.5) is 8.78 Å². The van der Waals surface area contributed by atoms with Gasteiger partial charge in [0.1, 0.15) is 0 Å². The lowest BCUT2D eigenvalue weighted by Crippen LogP contribution is -2.50. The van der Waals surface area contributed by atoms with Crippen LogP contribution in [-0.2, 0) is 16.1 Å². The SMILES string of the molecule is Cl.O=C(CCOCc1ccccc1)NC1CNCCC1c1ccc(F)c(F)c1. The van der Waals surface area contributed by atoms with Crippen LogP contribution in [0, 0.1) is 11.6 Å². The van der Waals surface area contributed by atoms with Crippen molar-refractivity contribution in [2.24, 2.45) is 0 Å². The highest BCUT2D eigenvalue weighted by Crippen LogP contribution is 2.27. The van der Waals surface area contributed by atoms with Gasteiger partial charge in [-0.2, -0.15) is 0 Å². The molecule has 1 fully saturated rings. The van der Waals surface area contributed by atoms with E-state index in [1.807, 2.05) is 30.3 Å². The van der Waals surface area contributed by atoms with E-state index in [0.29, 0.717) is 25.3 Å². The van der Waals surface area contributed by atoms with Gasteiger partial charge in [-0.15, -0.1) is 12.4 Å². The van der Waals surface area contributed by atoms with Crippen molar-refractivity contribution in [2.75, 3.05) is 19.7 Å². The van der Waals surface area contributed by atoms with E-state index in [0.717, 1.165) is 24.6 Å². The summed E-state index contributed by atoms with van der Waals surface area (Å²) in [6.45, 7) is 2.17. The molecule has 0 spiro atoms. The minimum atomic E-state index is -0.858. The van der Waals surface area contributed by atoms with Crippen LogP contribution in [0.5, 0.6) is 0 Å². The fourth-order valence-corrected chi connectivity index (χ4v) is 3.36. The molecule has 7 heteroatoms. The number of hydrogen-bond donors (Lipinski definition) is 2. The van der Waals surface area contributed by atoms with E-state index < -0.39 is 11.6 Å². The highest BCUT2D eigenvalue weighted by Gasteiger charge is 2.28. The van der Waals surface area contributed by atoms with E-state index in [4.69, 9.17) is 4.74 Å². The van der Waals surface area contributed by atoms with Gasteiger partial charge in [0.2, 0.25) is 5.91 Å². The average molecular weight is 411 g/mol. The summed E-state index contributed by atoms with van der Waals surface area (Å²) < 4.78 is 32.3. The lowest BCUT2D eigenvalue weighted by atomic mass is 9.86. The summed E-state index contributed by atoms with van der Waals surface area (Å²) in [5.74, 6) is -1.87. The first-order chi connectivity index (χ1) is 13.1. The van der Waals surface area contributed by atoms with Gasteiger partial charge in [-0.1, -0.05) is 36.4 Å². The summed E-state index contributed by atoms with van der Waals surface area (Å²) in [6.07, 6.45) is 1.01. The van der Waals surface area contributed by atoms with E-state index in [1.54, 1.807) is 6.07 Å². The standard InChI is InChI=1S/C21H24F2N2O2.ClH/c22-18-7-6-16(12-19(18)23)17-8-10-24-13-20(17)25-21(26)9-11-27-14-15-4-2-1-3-5-15;/h1-7,12,17,20,24H,8-11,13-14H2,(H,25,26);1H. The van der Waals surface area contributed by atoms with Crippen LogP contribution in [0.15, 0.2) is 48.5 Å². The molecular weight excluding hydrogens is 386 g/mol. The number of carbonyl (C=O) groups is 1. The Bertz CT molecular complexity index is 761. The Balaban J connectivity index is 0.00000280. The molecule has 152 valence electrons. The molecule has 3 rings (SSSR count). The zero-order chi connectivity index (χ0) is 19.1. The molecule has 2 atom stereocenters. The van der Waals surface area contributed by atoms with Gasteiger partial charge in [-0.3, -0.25) is 4.79 Å². The fraction of sp³-hybridized carbons (Fsp3) is 0.381. The molecule has 0 radical (unpaired) electrons. The van der Waals surface area contributed by atoms with E-state index >= 15 is 0 Å². The summed E-state index contributed by atoms with van der Waals surface area (Å²) >= 11 is 0. The molecule has 2 aromatic rings. The fourth-order valence-electron chi connectivity index (χ4n) is 3.36. The lowest BCUT2D eigenvalue weighted by Gasteiger charge is -2.33. The number of ether oxygens (including phenoxy) is 1. The van der Waals surface area contributed by atoms with Crippen molar-refractivity contribution in [2.45, 2.75) is 31.4 Å². The molecule has 1 aliphatic rings. The van der Waals surface area contributed by atoms with Crippen LogP contribution < -0.4 is 10.6 Å². The van der Waals surface area contributed by atoms with Crippen molar-refractivity contribution in [1.29, 1.82) is 0 Å². The Morgan fingerprint density at radius 2 is 1.93 bits per heavy atom. The third kappa shape index (κ3) is 6.26. The Morgan fingerprint density at radius 3 is 2.68 bits per heavy atom. The topological polar surface area (TPSA) is 50.4 Å². The Morgan fingerprint density at radius 1 is 1.14 bits per heavy atom. The summed E-state index contributed by atoms with van der Waals surface area (Å²) in [5, 5.41) is 6.24. The van der Waals surface area contributed by atoms with Crippen molar-refractivity contribution >= 4 is 18.3 Å². The molecule has 2 N–H and O–H groups in total. The minimum absolute atomic E-state index is 0. The molecule has 2 unspecified atom stereocenters. The molecule has 28 heavy (non-hydrogen) atoms. The van der Waals surface area contributed by atoms with Gasteiger partial charge >= 0.3 is 0 Å². The van der Waals surface area contributed by atoms with Crippen molar-refractivity contribution in [3.05, 3.63) is 71.3 Å². The van der Waals surface area contributed by atoms with Crippen LogP contribution in [0.1, 0.15) is 29.9 Å². The maximum Gasteiger partial charge on any atom is 0.222 e. The van der Waals surface area contributed by atoms with Gasteiger partial charge < -0.3 is 15.4 Å². The molecule has 1 aliphatic heterocycles. The van der Waals surface area contributed by atoms with E-state index in [-0.39, 0.29) is 36.7 Å². The number of benzene rings is 2. The minimum Gasteiger partial charge on any atom is -0.376 e. The second-order valence-electron chi connectivity index (χ2n) is 6.74. The van der Waals surface area contributed by atoms with E-state index in [1.165, 1.54) is 6.07 Å². The first-order valence-corrected chi connectivity index (χ1v) is 9.20. The Labute approximate surface area is 170 Å². The monoisotopic (exact) mass is 410 g/mol. The van der Waals surface area contributed by atoms with E-state index in [2.05, 4.69) is 10.6 Å². The average Bonchev–Trinajstić information content (AvgIpc) is 2.69. The highest BCUT2D eigenvalue weighted by atomic mass is 35.5. The van der Waals surface area contributed by atoms with Crippen molar-refractivity contribution in [3.8, 4) is 0 Å². The first kappa shape index (κ1) is 22.3. The third-order valence-corrected chi connectivity index (χ3v) is 4.79. The van der Waals surface area contributed by atoms with Gasteiger partial charge in [0.25, 0.3) is 0 Å². The highest BCUT2D eigenvalue weighted by molar-refractivity contribution is 5.85. The summed E-state index contributed by atoms with van der Waals surface area (Å²) in [4.78, 5) is 12.3. The first-order valence-electron chi connectivity index (χ1n) is 9.20. The Kier molecular flexibility index (Phi) is 8.83. The zero-order valence-electron chi connectivity index (χ0n) is 15.5. The van der Waals surface area contributed by atoms with Crippen LogP contribution in [0.25, 0.3) is 0 Å². The number of hydrogen-bond acceptors (Lipinski definition) is 3. The summed E-state index contributed by atoms with van der Waals surface area (Å²) in [5.41, 5.74) is 1.77. The largest absolute Gasteiger partial charge is 0.376 e. The number of nitrogens with one attached hydrogen (secondary N) is 2. The van der Waals surface area contributed by atoms with Gasteiger partial charge in [-0.05, 0) is 36.2 Å². The van der Waals surface area contributed by atoms with Crippen molar-refractivity contribution < 1.29 is 18.3 Å². The number of rotatable bonds is 7. The maximum absolute atomic E-state index is 13.6. The van der Waals surface area contributed by atoms with Crippen molar-refractivity contribution in [3.63, 3.8) is 0 Å². The lowest BCUT2D eigenvalue weighted by molar-refractivity contribution is -0.123. The molecule has 2 aromatic carbocycles. The second kappa shape index (κ2) is 11.1. The number of carbonyl (C=O) groups excluding carboxylic acids is 1. The molecule has 1 heterocycles. The van der Waals surface area contributed by atoms with Gasteiger partial charge in [0, 0.05) is 24.9 Å². The molecule has 0 aliphatic carbocycles. The zero-order valence-corrected chi connectivity index (χ0v) is 16.3. The maximum atomic E-state index is 13.6. The quantitative estimate of drug-likeness (QED) is 0.686.